The van der Waals surface area contributed by atoms with E-state index in [1.807, 2.05) is 0 Å². The highest BCUT2D eigenvalue weighted by Crippen LogP contribution is 2.24. The monoisotopic (exact) mass is 355 g/mol. The number of aromatic nitrogens is 3. The zero-order valence-electron chi connectivity index (χ0n) is 12.4. The van der Waals surface area contributed by atoms with Crippen molar-refractivity contribution in [2.45, 2.75) is 13.0 Å². The van der Waals surface area contributed by atoms with Crippen molar-refractivity contribution in [3.8, 4) is 0 Å². The van der Waals surface area contributed by atoms with Crippen LogP contribution in [0.3, 0.4) is 0 Å². The molecule has 0 aliphatic carbocycles. The van der Waals surface area contributed by atoms with Gasteiger partial charge in [-0.1, -0.05) is 23.2 Å². The van der Waals surface area contributed by atoms with Crippen LogP contribution in [0, 0.1) is 0 Å². The van der Waals surface area contributed by atoms with E-state index in [9.17, 15) is 9.59 Å². The number of nitrogens with zero attached hydrogens (tertiary/aromatic N) is 4. The Morgan fingerprint density at radius 1 is 1.30 bits per heavy atom. The molecule has 0 aliphatic heterocycles. The van der Waals surface area contributed by atoms with Crippen molar-refractivity contribution in [1.29, 1.82) is 0 Å². The molecule has 2 rings (SSSR count). The Morgan fingerprint density at radius 3 is 2.74 bits per heavy atom. The number of nitrogens with one attached hydrogen (secondary N) is 1. The fraction of sp³-hybridized carbons (Fsp3) is 0.286. The highest BCUT2D eigenvalue weighted by atomic mass is 35.5. The third kappa shape index (κ3) is 5.22. The van der Waals surface area contributed by atoms with Crippen LogP contribution in [0.4, 0.5) is 5.69 Å². The summed E-state index contributed by atoms with van der Waals surface area (Å²) in [5.41, 5.74) is 0.521. The number of rotatable bonds is 6. The standard InChI is InChI=1S/C14H15Cl2N5O2/c1-20(14(23)4-5-21-9-17-8-18-21)7-13(22)19-10-2-3-11(15)12(16)6-10/h2-3,6,8-9H,4-5,7H2,1H3,(H,19,22). The van der Waals surface area contributed by atoms with Crippen LogP contribution in [0.25, 0.3) is 0 Å². The summed E-state index contributed by atoms with van der Waals surface area (Å²) in [5, 5.41) is 7.33. The SMILES string of the molecule is CN(CC(=O)Nc1ccc(Cl)c(Cl)c1)C(=O)CCn1cncn1. The van der Waals surface area contributed by atoms with Crippen LogP contribution in [0.2, 0.25) is 10.0 Å². The number of benzene rings is 1. The molecule has 0 bridgehead atoms. The zero-order valence-corrected chi connectivity index (χ0v) is 13.9. The summed E-state index contributed by atoms with van der Waals surface area (Å²) in [6.07, 6.45) is 3.17. The molecule has 2 aromatic rings. The highest BCUT2D eigenvalue weighted by Gasteiger charge is 2.13. The maximum atomic E-state index is 12.0. The number of hydrogen-bond acceptors (Lipinski definition) is 4. The van der Waals surface area contributed by atoms with Gasteiger partial charge in [-0.25, -0.2) is 4.98 Å². The van der Waals surface area contributed by atoms with Crippen LogP contribution < -0.4 is 5.32 Å². The minimum Gasteiger partial charge on any atom is -0.336 e. The molecule has 1 N–H and O–H groups in total. The van der Waals surface area contributed by atoms with Crippen LogP contribution >= 0.6 is 23.2 Å². The lowest BCUT2D eigenvalue weighted by atomic mass is 10.3. The first-order chi connectivity index (χ1) is 11.0. The number of carbonyl (C=O) groups is 2. The quantitative estimate of drug-likeness (QED) is 0.859. The van der Waals surface area contributed by atoms with Crippen LogP contribution in [0.5, 0.6) is 0 Å². The fourth-order valence-corrected chi connectivity index (χ4v) is 2.13. The first-order valence-corrected chi connectivity index (χ1v) is 7.52. The molecule has 1 heterocycles. The number of likely N-dealkylation sites (N-methyl/N-ethyl adjacent to an activating group) is 1. The van der Waals surface area contributed by atoms with Crippen molar-refractivity contribution in [3.05, 3.63) is 40.9 Å². The molecule has 0 saturated carbocycles. The maximum absolute atomic E-state index is 12.0. The van der Waals surface area contributed by atoms with Gasteiger partial charge in [0.05, 0.1) is 23.1 Å². The van der Waals surface area contributed by atoms with Gasteiger partial charge < -0.3 is 10.2 Å². The fourth-order valence-electron chi connectivity index (χ4n) is 1.83. The predicted octanol–water partition coefficient (Wildman–Crippen LogP) is 2.07. The number of aryl methyl sites for hydroxylation is 1. The van der Waals surface area contributed by atoms with Crippen molar-refractivity contribution >= 4 is 40.7 Å². The summed E-state index contributed by atoms with van der Waals surface area (Å²) in [5.74, 6) is -0.482. The lowest BCUT2D eigenvalue weighted by molar-refractivity contribution is -0.133. The van der Waals surface area contributed by atoms with E-state index in [2.05, 4.69) is 15.4 Å². The van der Waals surface area contributed by atoms with Gasteiger partial charge in [0.1, 0.15) is 12.7 Å². The number of amides is 2. The van der Waals surface area contributed by atoms with Gasteiger partial charge >= 0.3 is 0 Å². The summed E-state index contributed by atoms with van der Waals surface area (Å²) in [4.78, 5) is 29.1. The average Bonchev–Trinajstić information content (AvgIpc) is 3.01. The molecule has 0 spiro atoms. The molecule has 0 atom stereocenters. The van der Waals surface area contributed by atoms with Crippen LogP contribution in [-0.2, 0) is 16.1 Å². The van der Waals surface area contributed by atoms with E-state index >= 15 is 0 Å². The second kappa shape index (κ2) is 7.94. The van der Waals surface area contributed by atoms with Crippen molar-refractivity contribution in [1.82, 2.24) is 19.7 Å². The highest BCUT2D eigenvalue weighted by molar-refractivity contribution is 6.42. The van der Waals surface area contributed by atoms with E-state index in [0.29, 0.717) is 22.3 Å². The van der Waals surface area contributed by atoms with Crippen LogP contribution in [0.1, 0.15) is 6.42 Å². The van der Waals surface area contributed by atoms with Gasteiger partial charge in [0.25, 0.3) is 0 Å². The smallest absolute Gasteiger partial charge is 0.243 e. The third-order valence-electron chi connectivity index (χ3n) is 3.03. The Balaban J connectivity index is 1.81. The van der Waals surface area contributed by atoms with Gasteiger partial charge in [-0.05, 0) is 18.2 Å². The summed E-state index contributed by atoms with van der Waals surface area (Å²) >= 11 is 11.7. The van der Waals surface area contributed by atoms with Gasteiger partial charge in [-0.3, -0.25) is 14.3 Å². The molecule has 0 saturated heterocycles. The number of carbonyl (C=O) groups excluding carboxylic acids is 2. The topological polar surface area (TPSA) is 80.1 Å². The van der Waals surface area contributed by atoms with Crippen LogP contribution in [0.15, 0.2) is 30.9 Å². The van der Waals surface area contributed by atoms with Gasteiger partial charge in [0.2, 0.25) is 11.8 Å². The molecule has 0 fully saturated rings. The normalized spacial score (nSPS) is 10.4. The second-order valence-corrected chi connectivity index (χ2v) is 5.65. The Morgan fingerprint density at radius 2 is 2.09 bits per heavy atom. The van der Waals surface area contributed by atoms with Crippen LogP contribution in [-0.4, -0.2) is 45.1 Å². The summed E-state index contributed by atoms with van der Waals surface area (Å²) in [6, 6.07) is 4.78. The van der Waals surface area contributed by atoms with E-state index < -0.39 is 0 Å². The molecule has 0 aliphatic rings. The van der Waals surface area contributed by atoms with E-state index in [-0.39, 0.29) is 24.8 Å². The third-order valence-corrected chi connectivity index (χ3v) is 3.77. The molecule has 9 heteroatoms. The van der Waals surface area contributed by atoms with E-state index in [4.69, 9.17) is 23.2 Å². The number of anilines is 1. The predicted molar refractivity (Wildman–Crippen MR) is 87.4 cm³/mol. The summed E-state index contributed by atoms with van der Waals surface area (Å²) in [7, 11) is 1.57. The molecule has 0 unspecified atom stereocenters. The minimum atomic E-state index is -0.319. The first kappa shape index (κ1) is 17.2. The molecule has 2 amide bonds. The van der Waals surface area contributed by atoms with Crippen molar-refractivity contribution in [2.75, 3.05) is 18.9 Å². The van der Waals surface area contributed by atoms with Gasteiger partial charge in [0, 0.05) is 19.2 Å². The zero-order chi connectivity index (χ0) is 16.8. The Hall–Kier alpha value is -2.12. The van der Waals surface area contributed by atoms with Crippen molar-refractivity contribution < 1.29 is 9.59 Å². The molecular formula is C14H15Cl2N5O2. The first-order valence-electron chi connectivity index (χ1n) is 6.77. The molecule has 1 aromatic heterocycles. The molecular weight excluding hydrogens is 341 g/mol. The van der Waals surface area contributed by atoms with Gasteiger partial charge in [0.15, 0.2) is 0 Å². The van der Waals surface area contributed by atoms with E-state index in [0.717, 1.165) is 0 Å². The van der Waals surface area contributed by atoms with Gasteiger partial charge in [-0.2, -0.15) is 5.10 Å². The molecule has 23 heavy (non-hydrogen) atoms. The van der Waals surface area contributed by atoms with Crippen molar-refractivity contribution in [3.63, 3.8) is 0 Å². The largest absolute Gasteiger partial charge is 0.336 e. The second-order valence-electron chi connectivity index (χ2n) is 4.84. The molecule has 122 valence electrons. The lowest BCUT2D eigenvalue weighted by Gasteiger charge is -2.17. The van der Waals surface area contributed by atoms with Gasteiger partial charge in [-0.15, -0.1) is 0 Å². The van der Waals surface area contributed by atoms with Crippen molar-refractivity contribution in [2.24, 2.45) is 0 Å². The Labute approximate surface area is 143 Å². The Bertz CT molecular complexity index is 690. The molecule has 0 radical (unpaired) electrons. The minimum absolute atomic E-state index is 0.0591. The molecule has 1 aromatic carbocycles. The number of hydrogen-bond donors (Lipinski definition) is 1. The Kier molecular flexibility index (Phi) is 5.95. The molecule has 7 nitrogen and oxygen atoms in total. The van der Waals surface area contributed by atoms with E-state index in [1.165, 1.54) is 17.6 Å². The van der Waals surface area contributed by atoms with E-state index in [1.54, 1.807) is 29.9 Å². The average molecular weight is 356 g/mol. The summed E-state index contributed by atoms with van der Waals surface area (Å²) in [6.45, 7) is 0.355. The lowest BCUT2D eigenvalue weighted by Crippen LogP contribution is -2.35. The maximum Gasteiger partial charge on any atom is 0.243 e. The summed E-state index contributed by atoms with van der Waals surface area (Å²) < 4.78 is 1.56. The number of halogens is 2.